The van der Waals surface area contributed by atoms with Crippen LogP contribution in [0.1, 0.15) is 5.69 Å². The van der Waals surface area contributed by atoms with Gasteiger partial charge in [0.25, 0.3) is 0 Å². The first-order valence-corrected chi connectivity index (χ1v) is 7.43. The van der Waals surface area contributed by atoms with Crippen LogP contribution in [0.15, 0.2) is 58.3 Å². The third kappa shape index (κ3) is 2.96. The maximum absolute atomic E-state index is 12.3. The van der Waals surface area contributed by atoms with E-state index in [1.165, 1.54) is 16.2 Å². The van der Waals surface area contributed by atoms with E-state index in [2.05, 4.69) is 10.3 Å². The highest BCUT2D eigenvalue weighted by molar-refractivity contribution is 5.80. The zero-order valence-electron chi connectivity index (χ0n) is 13.1. The summed E-state index contributed by atoms with van der Waals surface area (Å²) in [4.78, 5) is 40.6. The van der Waals surface area contributed by atoms with E-state index in [0.717, 1.165) is 0 Å². The molecule has 3 rings (SSSR count). The number of carbonyl (C=O) groups is 1. The van der Waals surface area contributed by atoms with Crippen LogP contribution in [0.3, 0.4) is 0 Å². The number of aryl methyl sites for hydroxylation is 1. The fourth-order valence-corrected chi connectivity index (χ4v) is 2.50. The van der Waals surface area contributed by atoms with E-state index in [1.807, 2.05) is 6.07 Å². The number of para-hydroxylation sites is 2. The van der Waals surface area contributed by atoms with Crippen molar-refractivity contribution in [2.45, 2.75) is 13.1 Å². The summed E-state index contributed by atoms with van der Waals surface area (Å²) in [6.45, 7) is 0.0411. The molecule has 0 aliphatic heterocycles. The van der Waals surface area contributed by atoms with Gasteiger partial charge in [-0.3, -0.25) is 23.9 Å². The molecule has 1 amide bonds. The van der Waals surface area contributed by atoms with Gasteiger partial charge >= 0.3 is 11.1 Å². The molecule has 0 atom stereocenters. The van der Waals surface area contributed by atoms with Crippen molar-refractivity contribution < 1.29 is 4.79 Å². The van der Waals surface area contributed by atoms with Crippen LogP contribution in [0.2, 0.25) is 0 Å². The Kier molecular flexibility index (Phi) is 4.24. The lowest BCUT2D eigenvalue weighted by Gasteiger charge is -2.12. The Morgan fingerprint density at radius 2 is 1.75 bits per heavy atom. The molecule has 0 unspecified atom stereocenters. The summed E-state index contributed by atoms with van der Waals surface area (Å²) >= 11 is 0. The fourth-order valence-electron chi connectivity index (χ4n) is 2.50. The number of hydrogen-bond acceptors (Lipinski definition) is 4. The highest BCUT2D eigenvalue weighted by atomic mass is 16.2. The van der Waals surface area contributed by atoms with Gasteiger partial charge in [0.1, 0.15) is 6.54 Å². The summed E-state index contributed by atoms with van der Waals surface area (Å²) in [6, 6.07) is 12.4. The summed E-state index contributed by atoms with van der Waals surface area (Å²) in [5.74, 6) is -0.360. The monoisotopic (exact) mass is 324 g/mol. The molecule has 0 saturated carbocycles. The van der Waals surface area contributed by atoms with Crippen molar-refractivity contribution in [1.82, 2.24) is 19.4 Å². The van der Waals surface area contributed by atoms with Crippen LogP contribution in [0.4, 0.5) is 0 Å². The quantitative estimate of drug-likeness (QED) is 0.704. The largest absolute Gasteiger partial charge is 0.349 e. The number of nitrogens with zero attached hydrogens (tertiary/aromatic N) is 3. The van der Waals surface area contributed by atoms with Crippen molar-refractivity contribution in [3.05, 3.63) is 75.1 Å². The normalized spacial score (nSPS) is 10.7. The Balaban J connectivity index is 1.89. The van der Waals surface area contributed by atoms with Crippen molar-refractivity contribution >= 4 is 16.9 Å². The Labute approximate surface area is 137 Å². The molecule has 0 aliphatic carbocycles. The molecular formula is C17H16N4O3. The van der Waals surface area contributed by atoms with Crippen LogP contribution in [0, 0.1) is 0 Å². The number of pyridine rings is 1. The number of nitrogens with one attached hydrogen (secondary N) is 1. The molecule has 0 bridgehead atoms. The Morgan fingerprint density at radius 3 is 2.46 bits per heavy atom. The predicted octanol–water partition coefficient (Wildman–Crippen LogP) is 0.412. The van der Waals surface area contributed by atoms with Crippen molar-refractivity contribution in [2.24, 2.45) is 7.05 Å². The predicted molar refractivity (Wildman–Crippen MR) is 89.5 cm³/mol. The number of rotatable bonds is 4. The summed E-state index contributed by atoms with van der Waals surface area (Å²) in [5.41, 5.74) is 0.472. The SMILES string of the molecule is Cn1c(=O)c(=O)n(CC(=O)NCc2ccccn2)c2ccccc21. The number of fused-ring (bicyclic) bond motifs is 1. The molecule has 0 aliphatic rings. The maximum Gasteiger partial charge on any atom is 0.317 e. The van der Waals surface area contributed by atoms with Gasteiger partial charge in [0, 0.05) is 13.2 Å². The van der Waals surface area contributed by atoms with Gasteiger partial charge in [-0.05, 0) is 24.3 Å². The van der Waals surface area contributed by atoms with Gasteiger partial charge in [-0.15, -0.1) is 0 Å². The molecule has 2 aromatic heterocycles. The number of hydrogen-bond donors (Lipinski definition) is 1. The van der Waals surface area contributed by atoms with Crippen molar-refractivity contribution in [1.29, 1.82) is 0 Å². The lowest BCUT2D eigenvalue weighted by atomic mass is 10.3. The van der Waals surface area contributed by atoms with Crippen LogP contribution < -0.4 is 16.4 Å². The average molecular weight is 324 g/mol. The van der Waals surface area contributed by atoms with Crippen LogP contribution in [0.25, 0.3) is 11.0 Å². The minimum atomic E-state index is -0.718. The fraction of sp³-hybridized carbons (Fsp3) is 0.176. The first-order chi connectivity index (χ1) is 11.6. The van der Waals surface area contributed by atoms with Crippen molar-refractivity contribution in [3.63, 3.8) is 0 Å². The molecule has 1 aromatic carbocycles. The lowest BCUT2D eigenvalue weighted by Crippen LogP contribution is -2.43. The molecular weight excluding hydrogens is 308 g/mol. The maximum atomic E-state index is 12.3. The van der Waals surface area contributed by atoms with E-state index in [1.54, 1.807) is 42.6 Å². The van der Waals surface area contributed by atoms with Gasteiger partial charge in [-0.25, -0.2) is 0 Å². The highest BCUT2D eigenvalue weighted by Crippen LogP contribution is 2.09. The van der Waals surface area contributed by atoms with Gasteiger partial charge < -0.3 is 9.88 Å². The molecule has 7 heteroatoms. The van der Waals surface area contributed by atoms with Crippen molar-refractivity contribution in [2.75, 3.05) is 0 Å². The van der Waals surface area contributed by atoms with Gasteiger partial charge in [0.05, 0.1) is 23.3 Å². The first kappa shape index (κ1) is 15.7. The van der Waals surface area contributed by atoms with Crippen LogP contribution in [0.5, 0.6) is 0 Å². The Hall–Kier alpha value is -3.22. The van der Waals surface area contributed by atoms with Gasteiger partial charge in [0.2, 0.25) is 5.91 Å². The van der Waals surface area contributed by atoms with Gasteiger partial charge in [-0.2, -0.15) is 0 Å². The van der Waals surface area contributed by atoms with E-state index < -0.39 is 11.1 Å². The number of benzene rings is 1. The summed E-state index contributed by atoms with van der Waals surface area (Å²) in [6.07, 6.45) is 1.64. The lowest BCUT2D eigenvalue weighted by molar-refractivity contribution is -0.121. The molecule has 24 heavy (non-hydrogen) atoms. The van der Waals surface area contributed by atoms with Crippen LogP contribution in [-0.2, 0) is 24.9 Å². The average Bonchev–Trinajstić information content (AvgIpc) is 2.62. The van der Waals surface area contributed by atoms with E-state index in [-0.39, 0.29) is 19.0 Å². The summed E-state index contributed by atoms with van der Waals surface area (Å²) < 4.78 is 2.49. The highest BCUT2D eigenvalue weighted by Gasteiger charge is 2.13. The number of aromatic nitrogens is 3. The van der Waals surface area contributed by atoms with E-state index in [4.69, 9.17) is 0 Å². The minimum absolute atomic E-state index is 0.220. The third-order valence-electron chi connectivity index (χ3n) is 3.76. The number of carbonyl (C=O) groups excluding carboxylic acids is 1. The van der Waals surface area contributed by atoms with E-state index >= 15 is 0 Å². The molecule has 0 radical (unpaired) electrons. The Morgan fingerprint density at radius 1 is 1.04 bits per heavy atom. The Bertz CT molecular complexity index is 1010. The smallest absolute Gasteiger partial charge is 0.317 e. The minimum Gasteiger partial charge on any atom is -0.349 e. The zero-order chi connectivity index (χ0) is 17.1. The topological polar surface area (TPSA) is 86.0 Å². The molecule has 2 heterocycles. The molecule has 1 N–H and O–H groups in total. The molecule has 0 saturated heterocycles. The van der Waals surface area contributed by atoms with E-state index in [9.17, 15) is 14.4 Å². The molecule has 0 fully saturated rings. The van der Waals surface area contributed by atoms with Crippen molar-refractivity contribution in [3.8, 4) is 0 Å². The van der Waals surface area contributed by atoms with Crippen LogP contribution in [-0.4, -0.2) is 20.0 Å². The van der Waals surface area contributed by atoms with Gasteiger partial charge in [-0.1, -0.05) is 18.2 Å². The van der Waals surface area contributed by atoms with E-state index in [0.29, 0.717) is 16.7 Å². The summed E-state index contributed by atoms with van der Waals surface area (Å²) in [7, 11) is 1.54. The van der Waals surface area contributed by atoms with Crippen LogP contribution >= 0.6 is 0 Å². The molecule has 122 valence electrons. The first-order valence-electron chi connectivity index (χ1n) is 7.43. The van der Waals surface area contributed by atoms with Gasteiger partial charge in [0.15, 0.2) is 0 Å². The second-order valence-electron chi connectivity index (χ2n) is 5.34. The molecule has 0 spiro atoms. The second-order valence-corrected chi connectivity index (χ2v) is 5.34. The zero-order valence-corrected chi connectivity index (χ0v) is 13.1. The molecule has 7 nitrogen and oxygen atoms in total. The number of amides is 1. The second kappa shape index (κ2) is 6.49. The standard InChI is InChI=1S/C17H16N4O3/c1-20-13-7-2-3-8-14(13)21(17(24)16(20)23)11-15(22)19-10-12-6-4-5-9-18-12/h2-9H,10-11H2,1H3,(H,19,22). The summed E-state index contributed by atoms with van der Waals surface area (Å²) in [5, 5.41) is 2.70. The third-order valence-corrected chi connectivity index (χ3v) is 3.76. The molecule has 3 aromatic rings.